The number of rotatable bonds is 6. The van der Waals surface area contributed by atoms with E-state index in [1.54, 1.807) is 0 Å². The summed E-state index contributed by atoms with van der Waals surface area (Å²) in [5.41, 5.74) is 6.51. The van der Waals surface area contributed by atoms with Gasteiger partial charge in [-0.05, 0) is 25.8 Å². The van der Waals surface area contributed by atoms with Crippen molar-refractivity contribution in [3.05, 3.63) is 35.9 Å². The van der Waals surface area contributed by atoms with Gasteiger partial charge in [-0.3, -0.25) is 9.69 Å². The fraction of sp³-hybridized carbons (Fsp3) is 0.462. The molecule has 0 fully saturated rings. The minimum atomic E-state index is -0.262. The number of hydrogen-bond donors (Lipinski definition) is 1. The molecule has 0 aliphatic rings. The molecule has 0 unspecified atom stereocenters. The third kappa shape index (κ3) is 4.45. The molecule has 16 heavy (non-hydrogen) atoms. The van der Waals surface area contributed by atoms with Gasteiger partial charge in [0.1, 0.15) is 0 Å². The summed E-state index contributed by atoms with van der Waals surface area (Å²) < 4.78 is 0. The number of amides is 1. The van der Waals surface area contributed by atoms with Crippen LogP contribution in [0.2, 0.25) is 0 Å². The Bertz CT molecular complexity index is 322. The average Bonchev–Trinajstić information content (AvgIpc) is 2.25. The minimum Gasteiger partial charge on any atom is -0.369 e. The van der Waals surface area contributed by atoms with E-state index in [9.17, 15) is 4.79 Å². The van der Waals surface area contributed by atoms with Crippen LogP contribution in [0, 0.1) is 0 Å². The quantitative estimate of drug-likeness (QED) is 0.788. The fourth-order valence-corrected chi connectivity index (χ4v) is 1.64. The zero-order chi connectivity index (χ0) is 12.0. The molecule has 0 aliphatic carbocycles. The summed E-state index contributed by atoms with van der Waals surface area (Å²) in [6.07, 6.45) is 0.951. The molecule has 0 atom stereocenters. The number of carbonyl (C=O) groups is 1. The highest BCUT2D eigenvalue weighted by Crippen LogP contribution is 2.04. The van der Waals surface area contributed by atoms with Gasteiger partial charge in [0.15, 0.2) is 0 Å². The number of primary amides is 1. The van der Waals surface area contributed by atoms with Crippen molar-refractivity contribution in [2.45, 2.75) is 26.3 Å². The maximum absolute atomic E-state index is 10.9. The van der Waals surface area contributed by atoms with Crippen molar-refractivity contribution >= 4 is 5.91 Å². The lowest BCUT2D eigenvalue weighted by Gasteiger charge is -2.24. The van der Waals surface area contributed by atoms with Crippen molar-refractivity contribution in [1.82, 2.24) is 4.90 Å². The number of hydrogen-bond acceptors (Lipinski definition) is 2. The normalized spacial score (nSPS) is 11.0. The van der Waals surface area contributed by atoms with Crippen LogP contribution in [0.15, 0.2) is 30.3 Å². The van der Waals surface area contributed by atoms with Gasteiger partial charge in [0.25, 0.3) is 0 Å². The molecule has 3 nitrogen and oxygen atoms in total. The van der Waals surface area contributed by atoms with E-state index in [1.807, 2.05) is 18.2 Å². The maximum atomic E-state index is 10.9. The molecule has 0 spiro atoms. The molecule has 1 aromatic rings. The van der Waals surface area contributed by atoms with Crippen molar-refractivity contribution in [2.75, 3.05) is 13.1 Å². The Hall–Kier alpha value is -1.35. The molecule has 1 rings (SSSR count). The Labute approximate surface area is 97.2 Å². The first-order valence-electron chi connectivity index (χ1n) is 5.66. The molecular formula is C13H20N2O. The SMILES string of the molecule is CC(C)N(CCc1ccccc1)CC(N)=O. The van der Waals surface area contributed by atoms with Crippen LogP contribution in [0.1, 0.15) is 19.4 Å². The van der Waals surface area contributed by atoms with Crippen LogP contribution in [0.4, 0.5) is 0 Å². The maximum Gasteiger partial charge on any atom is 0.231 e. The van der Waals surface area contributed by atoms with E-state index in [2.05, 4.69) is 30.9 Å². The summed E-state index contributed by atoms with van der Waals surface area (Å²) >= 11 is 0. The Morgan fingerprint density at radius 2 is 1.94 bits per heavy atom. The van der Waals surface area contributed by atoms with E-state index in [1.165, 1.54) is 5.56 Å². The average molecular weight is 220 g/mol. The highest BCUT2D eigenvalue weighted by Gasteiger charge is 2.11. The smallest absolute Gasteiger partial charge is 0.231 e. The lowest BCUT2D eigenvalue weighted by atomic mass is 10.1. The molecular weight excluding hydrogens is 200 g/mol. The van der Waals surface area contributed by atoms with Crippen molar-refractivity contribution in [1.29, 1.82) is 0 Å². The second-order valence-corrected chi connectivity index (χ2v) is 4.27. The molecule has 0 aliphatic heterocycles. The van der Waals surface area contributed by atoms with Crippen molar-refractivity contribution in [3.8, 4) is 0 Å². The van der Waals surface area contributed by atoms with Gasteiger partial charge in [-0.25, -0.2) is 0 Å². The Morgan fingerprint density at radius 1 is 1.31 bits per heavy atom. The molecule has 0 saturated carbocycles. The number of benzene rings is 1. The van der Waals surface area contributed by atoms with Crippen LogP contribution in [0.25, 0.3) is 0 Å². The number of nitrogens with two attached hydrogens (primary N) is 1. The Balaban J connectivity index is 2.47. The van der Waals surface area contributed by atoms with E-state index in [0.717, 1.165) is 13.0 Å². The van der Waals surface area contributed by atoms with Gasteiger partial charge in [-0.2, -0.15) is 0 Å². The molecule has 0 radical (unpaired) electrons. The molecule has 1 amide bonds. The summed E-state index contributed by atoms with van der Waals surface area (Å²) in [5.74, 6) is -0.262. The van der Waals surface area contributed by atoms with E-state index < -0.39 is 0 Å². The predicted octanol–water partition coefficient (Wildman–Crippen LogP) is 1.42. The zero-order valence-corrected chi connectivity index (χ0v) is 10.0. The molecule has 0 bridgehead atoms. The number of carbonyl (C=O) groups excluding carboxylic acids is 1. The van der Waals surface area contributed by atoms with Crippen LogP contribution in [0.5, 0.6) is 0 Å². The Kier molecular flexibility index (Phi) is 4.99. The molecule has 2 N–H and O–H groups in total. The van der Waals surface area contributed by atoms with E-state index >= 15 is 0 Å². The first-order valence-corrected chi connectivity index (χ1v) is 5.66. The second kappa shape index (κ2) is 6.28. The van der Waals surface area contributed by atoms with E-state index in [-0.39, 0.29) is 5.91 Å². The molecule has 0 aromatic heterocycles. The predicted molar refractivity (Wildman–Crippen MR) is 66.0 cm³/mol. The third-order valence-electron chi connectivity index (χ3n) is 2.62. The summed E-state index contributed by atoms with van der Waals surface area (Å²) in [4.78, 5) is 13.0. The lowest BCUT2D eigenvalue weighted by molar-refractivity contribution is -0.119. The Morgan fingerprint density at radius 3 is 2.44 bits per heavy atom. The first-order chi connectivity index (χ1) is 7.59. The molecule has 0 heterocycles. The molecule has 3 heteroatoms. The van der Waals surface area contributed by atoms with Crippen LogP contribution < -0.4 is 5.73 Å². The summed E-state index contributed by atoms with van der Waals surface area (Å²) in [6, 6.07) is 10.6. The van der Waals surface area contributed by atoms with Gasteiger partial charge in [0.05, 0.1) is 6.54 Å². The van der Waals surface area contributed by atoms with Gasteiger partial charge in [0.2, 0.25) is 5.91 Å². The van der Waals surface area contributed by atoms with Gasteiger partial charge < -0.3 is 5.73 Å². The summed E-state index contributed by atoms with van der Waals surface area (Å²) in [6.45, 7) is 5.36. The molecule has 88 valence electrons. The second-order valence-electron chi connectivity index (χ2n) is 4.27. The highest BCUT2D eigenvalue weighted by molar-refractivity contribution is 5.75. The van der Waals surface area contributed by atoms with Crippen LogP contribution in [0.3, 0.4) is 0 Å². The molecule has 0 saturated heterocycles. The van der Waals surface area contributed by atoms with Gasteiger partial charge in [-0.15, -0.1) is 0 Å². The van der Waals surface area contributed by atoms with Crippen molar-refractivity contribution < 1.29 is 4.79 Å². The van der Waals surface area contributed by atoms with Gasteiger partial charge in [-0.1, -0.05) is 30.3 Å². The zero-order valence-electron chi connectivity index (χ0n) is 10.0. The van der Waals surface area contributed by atoms with E-state index in [0.29, 0.717) is 12.6 Å². The van der Waals surface area contributed by atoms with Crippen LogP contribution >= 0.6 is 0 Å². The van der Waals surface area contributed by atoms with Gasteiger partial charge >= 0.3 is 0 Å². The topological polar surface area (TPSA) is 46.3 Å². The van der Waals surface area contributed by atoms with Crippen molar-refractivity contribution in [3.63, 3.8) is 0 Å². The first kappa shape index (κ1) is 12.7. The lowest BCUT2D eigenvalue weighted by Crippen LogP contribution is -2.39. The standard InChI is InChI=1S/C13H20N2O/c1-11(2)15(10-13(14)16)9-8-12-6-4-3-5-7-12/h3-7,11H,8-10H2,1-2H3,(H2,14,16). The number of nitrogens with zero attached hydrogens (tertiary/aromatic N) is 1. The third-order valence-corrected chi connectivity index (χ3v) is 2.62. The monoisotopic (exact) mass is 220 g/mol. The summed E-state index contributed by atoms with van der Waals surface area (Å²) in [5, 5.41) is 0. The van der Waals surface area contributed by atoms with E-state index in [4.69, 9.17) is 5.73 Å². The summed E-state index contributed by atoms with van der Waals surface area (Å²) in [7, 11) is 0. The minimum absolute atomic E-state index is 0.262. The van der Waals surface area contributed by atoms with Crippen LogP contribution in [-0.2, 0) is 11.2 Å². The van der Waals surface area contributed by atoms with Crippen molar-refractivity contribution in [2.24, 2.45) is 5.73 Å². The largest absolute Gasteiger partial charge is 0.369 e. The highest BCUT2D eigenvalue weighted by atomic mass is 16.1. The fourth-order valence-electron chi connectivity index (χ4n) is 1.64. The molecule has 1 aromatic carbocycles. The van der Waals surface area contributed by atoms with Gasteiger partial charge in [0, 0.05) is 12.6 Å². The van der Waals surface area contributed by atoms with Crippen LogP contribution in [-0.4, -0.2) is 29.9 Å².